The molecule has 1 aliphatic heterocycles. The van der Waals surface area contributed by atoms with Gasteiger partial charge in [0.25, 0.3) is 0 Å². The van der Waals surface area contributed by atoms with Gasteiger partial charge in [0.2, 0.25) is 0 Å². The molecular formula is C18H19ClFN3O2. The quantitative estimate of drug-likeness (QED) is 0.848. The highest BCUT2D eigenvalue weighted by atomic mass is 35.5. The van der Waals surface area contributed by atoms with Gasteiger partial charge in [0.05, 0.1) is 0 Å². The average molecular weight is 364 g/mol. The number of benzene rings is 1. The molecule has 2 heterocycles. The van der Waals surface area contributed by atoms with Crippen LogP contribution in [0.15, 0.2) is 36.4 Å². The Morgan fingerprint density at radius 3 is 3.00 bits per heavy atom. The Bertz CT molecular complexity index is 772. The molecule has 2 N–H and O–H groups in total. The van der Waals surface area contributed by atoms with Gasteiger partial charge in [-0.25, -0.2) is 14.2 Å². The summed E-state index contributed by atoms with van der Waals surface area (Å²) < 4.78 is 13.2. The molecule has 2 aromatic rings. The van der Waals surface area contributed by atoms with Crippen LogP contribution in [0.3, 0.4) is 0 Å². The van der Waals surface area contributed by atoms with Crippen LogP contribution in [0.25, 0.3) is 0 Å². The molecule has 5 nitrogen and oxygen atoms in total. The van der Waals surface area contributed by atoms with Gasteiger partial charge in [0, 0.05) is 24.2 Å². The standard InChI is InChI=1S/C18H19ClFN3O2/c19-15-9-13(20)7-6-12(15)10-23-8-2-3-14(11-23)21-17-5-1-4-16(22-17)18(24)25/h1,4-7,9,14H,2-3,8,10-11H2,(H,21,22)(H,24,25). The Labute approximate surface area is 150 Å². The van der Waals surface area contributed by atoms with E-state index in [1.54, 1.807) is 18.2 Å². The van der Waals surface area contributed by atoms with Crippen LogP contribution in [0.4, 0.5) is 10.2 Å². The molecule has 0 saturated carbocycles. The van der Waals surface area contributed by atoms with Crippen molar-refractivity contribution in [2.24, 2.45) is 0 Å². The van der Waals surface area contributed by atoms with Crippen molar-refractivity contribution >= 4 is 23.4 Å². The molecule has 3 rings (SSSR count). The molecule has 1 aliphatic rings. The number of carboxylic acid groups (broad SMARTS) is 1. The predicted octanol–water partition coefficient (Wildman–Crippen LogP) is 3.65. The number of nitrogens with zero attached hydrogens (tertiary/aromatic N) is 2. The number of carboxylic acids is 1. The van der Waals surface area contributed by atoms with Gasteiger partial charge in [-0.15, -0.1) is 0 Å². The third-order valence-electron chi connectivity index (χ3n) is 4.23. The van der Waals surface area contributed by atoms with Gasteiger partial charge in [-0.3, -0.25) is 4.90 Å². The van der Waals surface area contributed by atoms with Crippen LogP contribution in [0.5, 0.6) is 0 Å². The number of hydrogen-bond donors (Lipinski definition) is 2. The third kappa shape index (κ3) is 4.67. The number of pyridine rings is 1. The number of nitrogens with one attached hydrogen (secondary N) is 1. The second kappa shape index (κ2) is 7.80. The Balaban J connectivity index is 1.63. The maximum atomic E-state index is 13.2. The van der Waals surface area contributed by atoms with Crippen molar-refractivity contribution in [2.45, 2.75) is 25.4 Å². The Hall–Kier alpha value is -2.18. The lowest BCUT2D eigenvalue weighted by molar-refractivity contribution is 0.0690. The van der Waals surface area contributed by atoms with Crippen LogP contribution in [0.1, 0.15) is 28.9 Å². The number of anilines is 1. The number of hydrogen-bond acceptors (Lipinski definition) is 4. The fourth-order valence-electron chi connectivity index (χ4n) is 3.05. The van der Waals surface area contributed by atoms with Crippen molar-refractivity contribution in [1.82, 2.24) is 9.88 Å². The van der Waals surface area contributed by atoms with Crippen LogP contribution >= 0.6 is 11.6 Å². The number of aromatic carboxylic acids is 1. The zero-order valence-corrected chi connectivity index (χ0v) is 14.3. The highest BCUT2D eigenvalue weighted by molar-refractivity contribution is 6.31. The van der Waals surface area contributed by atoms with Crippen LogP contribution < -0.4 is 5.32 Å². The molecule has 0 amide bonds. The molecular weight excluding hydrogens is 345 g/mol. The fourth-order valence-corrected chi connectivity index (χ4v) is 3.28. The lowest BCUT2D eigenvalue weighted by Crippen LogP contribution is -2.41. The lowest BCUT2D eigenvalue weighted by Gasteiger charge is -2.33. The smallest absolute Gasteiger partial charge is 0.354 e. The summed E-state index contributed by atoms with van der Waals surface area (Å²) in [5.41, 5.74) is 0.922. The number of aromatic nitrogens is 1. The van der Waals surface area contributed by atoms with Crippen LogP contribution in [-0.4, -0.2) is 40.1 Å². The first-order valence-electron chi connectivity index (χ1n) is 8.14. The Kier molecular flexibility index (Phi) is 5.50. The van der Waals surface area contributed by atoms with Crippen molar-refractivity contribution in [2.75, 3.05) is 18.4 Å². The van der Waals surface area contributed by atoms with E-state index in [1.165, 1.54) is 18.2 Å². The summed E-state index contributed by atoms with van der Waals surface area (Å²) in [6, 6.07) is 9.55. The number of piperidine rings is 1. The molecule has 1 saturated heterocycles. The van der Waals surface area contributed by atoms with Crippen LogP contribution in [0.2, 0.25) is 5.02 Å². The molecule has 1 fully saturated rings. The van der Waals surface area contributed by atoms with Crippen molar-refractivity contribution < 1.29 is 14.3 Å². The van der Waals surface area contributed by atoms with Crippen molar-refractivity contribution in [3.05, 3.63) is 58.5 Å². The molecule has 1 unspecified atom stereocenters. The van der Waals surface area contributed by atoms with E-state index in [4.69, 9.17) is 16.7 Å². The van der Waals surface area contributed by atoms with E-state index in [9.17, 15) is 9.18 Å². The zero-order valence-electron chi connectivity index (χ0n) is 13.6. The van der Waals surface area contributed by atoms with Gasteiger partial charge in [0.15, 0.2) is 5.69 Å². The van der Waals surface area contributed by atoms with E-state index in [2.05, 4.69) is 15.2 Å². The molecule has 7 heteroatoms. The van der Waals surface area contributed by atoms with Crippen LogP contribution in [0, 0.1) is 5.82 Å². The van der Waals surface area contributed by atoms with Crippen molar-refractivity contribution in [3.8, 4) is 0 Å². The maximum absolute atomic E-state index is 13.2. The highest BCUT2D eigenvalue weighted by Crippen LogP contribution is 2.22. The molecule has 0 radical (unpaired) electrons. The number of likely N-dealkylation sites (tertiary alicyclic amines) is 1. The van der Waals surface area contributed by atoms with Gasteiger partial charge < -0.3 is 10.4 Å². The van der Waals surface area contributed by atoms with E-state index >= 15 is 0 Å². The first-order chi connectivity index (χ1) is 12.0. The summed E-state index contributed by atoms with van der Waals surface area (Å²) in [5, 5.41) is 12.8. The minimum absolute atomic E-state index is 0.0239. The Morgan fingerprint density at radius 2 is 2.24 bits per heavy atom. The molecule has 132 valence electrons. The van der Waals surface area contributed by atoms with Gasteiger partial charge in [-0.05, 0) is 49.2 Å². The molecule has 0 spiro atoms. The topological polar surface area (TPSA) is 65.5 Å². The molecule has 1 aromatic heterocycles. The molecule has 1 atom stereocenters. The lowest BCUT2D eigenvalue weighted by atomic mass is 10.0. The number of carbonyl (C=O) groups is 1. The van der Waals surface area contributed by atoms with E-state index < -0.39 is 5.97 Å². The first kappa shape index (κ1) is 17.6. The molecule has 25 heavy (non-hydrogen) atoms. The summed E-state index contributed by atoms with van der Waals surface area (Å²) in [6.07, 6.45) is 1.99. The fraction of sp³-hybridized carbons (Fsp3) is 0.333. The minimum atomic E-state index is -1.04. The minimum Gasteiger partial charge on any atom is -0.477 e. The second-order valence-electron chi connectivity index (χ2n) is 6.17. The van der Waals surface area contributed by atoms with Crippen molar-refractivity contribution in [3.63, 3.8) is 0 Å². The van der Waals surface area contributed by atoms with E-state index in [0.29, 0.717) is 17.4 Å². The summed E-state index contributed by atoms with van der Waals surface area (Å²) in [4.78, 5) is 17.4. The first-order valence-corrected chi connectivity index (χ1v) is 8.52. The van der Waals surface area contributed by atoms with E-state index in [0.717, 1.165) is 31.5 Å². The largest absolute Gasteiger partial charge is 0.477 e. The summed E-state index contributed by atoms with van der Waals surface area (Å²) in [6.45, 7) is 2.38. The summed E-state index contributed by atoms with van der Waals surface area (Å²) >= 11 is 6.11. The summed E-state index contributed by atoms with van der Waals surface area (Å²) in [7, 11) is 0. The zero-order chi connectivity index (χ0) is 17.8. The van der Waals surface area contributed by atoms with Gasteiger partial charge >= 0.3 is 5.97 Å². The second-order valence-corrected chi connectivity index (χ2v) is 6.57. The molecule has 0 aliphatic carbocycles. The van der Waals surface area contributed by atoms with Gasteiger partial charge in [-0.2, -0.15) is 0 Å². The number of rotatable bonds is 5. The summed E-state index contributed by atoms with van der Waals surface area (Å²) in [5.74, 6) is -0.817. The molecule has 0 bridgehead atoms. The Morgan fingerprint density at radius 1 is 1.40 bits per heavy atom. The highest BCUT2D eigenvalue weighted by Gasteiger charge is 2.21. The number of halogens is 2. The normalized spacial score (nSPS) is 18.1. The van der Waals surface area contributed by atoms with Crippen molar-refractivity contribution in [1.29, 1.82) is 0 Å². The van der Waals surface area contributed by atoms with E-state index in [1.807, 2.05) is 0 Å². The predicted molar refractivity (Wildman–Crippen MR) is 94.5 cm³/mol. The van der Waals surface area contributed by atoms with Gasteiger partial charge in [-0.1, -0.05) is 23.7 Å². The maximum Gasteiger partial charge on any atom is 0.354 e. The molecule has 1 aromatic carbocycles. The van der Waals surface area contributed by atoms with Crippen LogP contribution in [-0.2, 0) is 6.54 Å². The van der Waals surface area contributed by atoms with E-state index in [-0.39, 0.29) is 17.6 Å². The SMILES string of the molecule is O=C(O)c1cccc(NC2CCCN(Cc3ccc(F)cc3Cl)C2)n1. The average Bonchev–Trinajstić information content (AvgIpc) is 2.58. The van der Waals surface area contributed by atoms with Gasteiger partial charge in [0.1, 0.15) is 11.6 Å². The third-order valence-corrected chi connectivity index (χ3v) is 4.59. The monoisotopic (exact) mass is 363 g/mol.